The van der Waals surface area contributed by atoms with Crippen LogP contribution in [0.1, 0.15) is 5.56 Å². The number of rotatable bonds is 1. The van der Waals surface area contributed by atoms with Crippen LogP contribution in [0.25, 0.3) is 0 Å². The van der Waals surface area contributed by atoms with Crippen LogP contribution >= 0.6 is 66.8 Å². The third kappa shape index (κ3) is 2.14. The fourth-order valence-electron chi connectivity index (χ4n) is 2.07. The highest BCUT2D eigenvalue weighted by molar-refractivity contribution is 9.11. The Morgan fingerprint density at radius 1 is 1.12 bits per heavy atom. The molecule has 2 aliphatic rings. The molecule has 0 nitrogen and oxygen atoms in total. The predicted molar refractivity (Wildman–Crippen MR) is 82.8 cm³/mol. The molecule has 0 spiro atoms. The van der Waals surface area contributed by atoms with Gasteiger partial charge in [0.05, 0.1) is 10.00 Å². The molecule has 0 amide bonds. The maximum Gasteiger partial charge on any atom is 0.0781 e. The van der Waals surface area contributed by atoms with Crippen molar-refractivity contribution in [2.24, 2.45) is 0 Å². The van der Waals surface area contributed by atoms with E-state index in [0.717, 1.165) is 14.0 Å². The summed E-state index contributed by atoms with van der Waals surface area (Å²) in [7, 11) is 0. The van der Waals surface area contributed by atoms with E-state index >= 15 is 0 Å². The van der Waals surface area contributed by atoms with E-state index in [9.17, 15) is 0 Å². The van der Waals surface area contributed by atoms with Crippen molar-refractivity contribution in [1.29, 1.82) is 0 Å². The minimum atomic E-state index is -0.0742. The molecule has 1 saturated heterocycles. The molecule has 5 heteroatoms. The quantitative estimate of drug-likeness (QED) is 0.527. The highest BCUT2D eigenvalue weighted by Crippen LogP contribution is 2.68. The molecule has 1 aromatic carbocycles. The Balaban J connectivity index is 2.10. The fraction of sp³-hybridized carbons (Fsp3) is 0.167. The lowest BCUT2D eigenvalue weighted by atomic mass is 9.92. The minimum absolute atomic E-state index is 0.0742. The maximum absolute atomic E-state index is 6.21. The molecule has 1 aromatic rings. The summed E-state index contributed by atoms with van der Waals surface area (Å²) in [5.74, 6) is 0. The van der Waals surface area contributed by atoms with Crippen molar-refractivity contribution >= 4 is 66.8 Å². The predicted octanol–water partition coefficient (Wildman–Crippen LogP) is 5.78. The lowest BCUT2D eigenvalue weighted by molar-refractivity contribution is 0.890. The first-order chi connectivity index (χ1) is 8.01. The Morgan fingerprint density at radius 3 is 2.41 bits per heavy atom. The van der Waals surface area contributed by atoms with Gasteiger partial charge in [0.2, 0.25) is 0 Å². The second kappa shape index (κ2) is 4.31. The molecule has 2 atom stereocenters. The smallest absolute Gasteiger partial charge is 0.0781 e. The monoisotopic (exact) mass is 410 g/mol. The number of thioether (sulfide) groups is 1. The van der Waals surface area contributed by atoms with E-state index in [1.807, 2.05) is 23.9 Å². The first-order valence-electron chi connectivity index (χ1n) is 4.91. The van der Waals surface area contributed by atoms with Gasteiger partial charge in [0, 0.05) is 19.0 Å². The molecule has 0 aromatic heterocycles. The van der Waals surface area contributed by atoms with Gasteiger partial charge in [0.1, 0.15) is 0 Å². The van der Waals surface area contributed by atoms with Crippen molar-refractivity contribution in [3.8, 4) is 0 Å². The van der Waals surface area contributed by atoms with Gasteiger partial charge in [0.15, 0.2) is 0 Å². The van der Waals surface area contributed by atoms with Crippen molar-refractivity contribution in [3.63, 3.8) is 0 Å². The lowest BCUT2D eigenvalue weighted by Gasteiger charge is -2.16. The Bertz CT molecular complexity index is 547. The second-order valence-electron chi connectivity index (χ2n) is 4.01. The third-order valence-corrected chi connectivity index (χ3v) is 6.01. The van der Waals surface area contributed by atoms with E-state index in [4.69, 9.17) is 23.2 Å². The van der Waals surface area contributed by atoms with Crippen LogP contribution in [0.3, 0.4) is 0 Å². The molecular weight excluding hydrogens is 407 g/mol. The summed E-state index contributed by atoms with van der Waals surface area (Å²) in [6.07, 6.45) is 3.92. The summed E-state index contributed by atoms with van der Waals surface area (Å²) >= 11 is 21.2. The number of hydrogen-bond acceptors (Lipinski definition) is 1. The zero-order valence-corrected chi connectivity index (χ0v) is 13.9. The van der Waals surface area contributed by atoms with E-state index in [0.29, 0.717) is 10.3 Å². The summed E-state index contributed by atoms with van der Waals surface area (Å²) in [4.78, 5) is 0. The number of benzene rings is 1. The molecule has 1 aliphatic heterocycles. The van der Waals surface area contributed by atoms with Crippen LogP contribution in [-0.2, 0) is 4.75 Å². The molecule has 1 fully saturated rings. The van der Waals surface area contributed by atoms with Crippen molar-refractivity contribution in [3.05, 3.63) is 54.9 Å². The molecule has 1 aliphatic carbocycles. The minimum Gasteiger partial charge on any atom is -0.133 e. The van der Waals surface area contributed by atoms with Crippen LogP contribution in [0.5, 0.6) is 0 Å². The first-order valence-corrected chi connectivity index (χ1v) is 8.13. The van der Waals surface area contributed by atoms with E-state index in [1.165, 1.54) is 5.56 Å². The zero-order valence-electron chi connectivity index (χ0n) is 8.38. The summed E-state index contributed by atoms with van der Waals surface area (Å²) in [5, 5.41) is 1.86. The summed E-state index contributed by atoms with van der Waals surface area (Å²) in [5.41, 5.74) is 1.22. The molecule has 1 heterocycles. The van der Waals surface area contributed by atoms with Crippen LogP contribution < -0.4 is 0 Å². The molecule has 0 N–H and O–H groups in total. The topological polar surface area (TPSA) is 0 Å². The molecule has 0 bridgehead atoms. The van der Waals surface area contributed by atoms with E-state index < -0.39 is 0 Å². The third-order valence-electron chi connectivity index (χ3n) is 2.84. The normalized spacial score (nSPS) is 30.5. The Hall–Kier alpha value is 0.590. The highest BCUT2D eigenvalue weighted by atomic mass is 79.9. The number of fused-ring (bicyclic) bond motifs is 1. The van der Waals surface area contributed by atoms with Crippen molar-refractivity contribution in [2.45, 2.75) is 10.00 Å². The van der Waals surface area contributed by atoms with Gasteiger partial charge in [0.25, 0.3) is 0 Å². The summed E-state index contributed by atoms with van der Waals surface area (Å²) in [6, 6.07) is 6.26. The Kier molecular flexibility index (Phi) is 3.20. The molecule has 0 radical (unpaired) electrons. The average Bonchev–Trinajstić information content (AvgIpc) is 2.92. The van der Waals surface area contributed by atoms with Gasteiger partial charge in [-0.2, -0.15) is 0 Å². The highest BCUT2D eigenvalue weighted by Gasteiger charge is 2.58. The van der Waals surface area contributed by atoms with Crippen LogP contribution in [0.4, 0.5) is 0 Å². The van der Waals surface area contributed by atoms with Crippen molar-refractivity contribution < 1.29 is 0 Å². The van der Waals surface area contributed by atoms with Gasteiger partial charge in [-0.1, -0.05) is 55.1 Å². The number of halogens is 4. The van der Waals surface area contributed by atoms with Crippen molar-refractivity contribution in [2.75, 3.05) is 0 Å². The van der Waals surface area contributed by atoms with Crippen LogP contribution in [0, 0.1) is 0 Å². The number of allylic oxidation sites excluding steroid dienone is 2. The van der Waals surface area contributed by atoms with Gasteiger partial charge in [-0.15, -0.1) is 11.8 Å². The molecule has 3 rings (SSSR count). The van der Waals surface area contributed by atoms with Crippen LogP contribution in [0.15, 0.2) is 49.4 Å². The Labute approximate surface area is 131 Å². The first kappa shape index (κ1) is 12.6. The van der Waals surface area contributed by atoms with Gasteiger partial charge < -0.3 is 0 Å². The van der Waals surface area contributed by atoms with Crippen molar-refractivity contribution in [1.82, 2.24) is 0 Å². The average molecular weight is 413 g/mol. The molecule has 88 valence electrons. The summed E-state index contributed by atoms with van der Waals surface area (Å²) in [6.45, 7) is 0. The van der Waals surface area contributed by atoms with E-state index in [1.54, 1.807) is 0 Å². The zero-order chi connectivity index (χ0) is 12.2. The van der Waals surface area contributed by atoms with Crippen LogP contribution in [-0.4, -0.2) is 5.25 Å². The molecule has 2 unspecified atom stereocenters. The molecule has 0 saturated carbocycles. The van der Waals surface area contributed by atoms with Crippen LogP contribution in [0.2, 0.25) is 0 Å². The van der Waals surface area contributed by atoms with Gasteiger partial charge in [-0.05, 0) is 35.9 Å². The Morgan fingerprint density at radius 2 is 1.76 bits per heavy atom. The van der Waals surface area contributed by atoms with Gasteiger partial charge in [-0.25, -0.2) is 0 Å². The largest absolute Gasteiger partial charge is 0.133 e. The summed E-state index contributed by atoms with van der Waals surface area (Å²) < 4.78 is 2.03. The maximum atomic E-state index is 6.21. The fourth-order valence-corrected chi connectivity index (χ4v) is 5.54. The molecule has 17 heavy (non-hydrogen) atoms. The molecular formula is C12H6Br2Cl2S. The SMILES string of the molecule is ClC1=CC2(c3cc(Br)cc(Br)c3)SC2C(Cl)=C1. The number of hydrogen-bond donors (Lipinski definition) is 0. The standard InChI is InChI=1S/C12H6Br2Cl2S/c13-7-1-6(2-8(14)3-7)12-5-9(15)4-10(16)11(12)17-12/h1-5,11H. The van der Waals surface area contributed by atoms with Gasteiger partial charge in [-0.3, -0.25) is 0 Å². The van der Waals surface area contributed by atoms with E-state index in [2.05, 4.69) is 50.1 Å². The lowest BCUT2D eigenvalue weighted by Crippen LogP contribution is -2.13. The van der Waals surface area contributed by atoms with Gasteiger partial charge >= 0.3 is 0 Å². The van der Waals surface area contributed by atoms with E-state index in [-0.39, 0.29) is 4.75 Å². The second-order valence-corrected chi connectivity index (χ2v) is 8.09.